The van der Waals surface area contributed by atoms with Crippen molar-refractivity contribution in [3.05, 3.63) is 64.6 Å². The molecule has 0 radical (unpaired) electrons. The molecule has 25 heavy (non-hydrogen) atoms. The van der Waals surface area contributed by atoms with E-state index in [1.54, 1.807) is 25.4 Å². The van der Waals surface area contributed by atoms with Crippen LogP contribution in [0.15, 0.2) is 47.4 Å². The van der Waals surface area contributed by atoms with E-state index in [1.165, 1.54) is 10.6 Å². The molecule has 4 rings (SSSR count). The van der Waals surface area contributed by atoms with Gasteiger partial charge in [0.1, 0.15) is 11.5 Å². The average molecular weight is 340 g/mol. The van der Waals surface area contributed by atoms with Crippen LogP contribution in [0.25, 0.3) is 21.9 Å². The molecule has 0 aliphatic heterocycles. The molecule has 0 spiro atoms. The number of pyridine rings is 2. The quantitative estimate of drug-likeness (QED) is 0.608. The van der Waals surface area contributed by atoms with Crippen LogP contribution in [0, 0.1) is 11.6 Å². The topological polar surface area (TPSA) is 51.9 Å². The van der Waals surface area contributed by atoms with Crippen LogP contribution in [0.3, 0.4) is 0 Å². The number of fused-ring (bicyclic) bond motifs is 3. The lowest BCUT2D eigenvalue weighted by Gasteiger charge is -2.06. The second-order valence-corrected chi connectivity index (χ2v) is 5.87. The maximum absolute atomic E-state index is 13.3. The van der Waals surface area contributed by atoms with Crippen molar-refractivity contribution >= 4 is 33.4 Å². The van der Waals surface area contributed by atoms with E-state index in [-0.39, 0.29) is 5.56 Å². The molecule has 0 atom stereocenters. The van der Waals surface area contributed by atoms with Crippen LogP contribution in [-0.4, -0.2) is 14.1 Å². The van der Waals surface area contributed by atoms with Gasteiger partial charge in [0.25, 0.3) is 5.56 Å². The molecule has 3 aromatic heterocycles. The maximum Gasteiger partial charge on any atom is 0.260 e. The van der Waals surface area contributed by atoms with Crippen molar-refractivity contribution in [2.45, 2.75) is 0 Å². The van der Waals surface area contributed by atoms with Crippen LogP contribution in [0.1, 0.15) is 0 Å². The number of aryl methyl sites for hydroxylation is 2. The first-order valence-corrected chi connectivity index (χ1v) is 7.62. The highest BCUT2D eigenvalue weighted by Gasteiger charge is 2.14. The van der Waals surface area contributed by atoms with Gasteiger partial charge in [0.05, 0.1) is 10.9 Å². The third-order valence-electron chi connectivity index (χ3n) is 4.26. The van der Waals surface area contributed by atoms with Gasteiger partial charge in [-0.2, -0.15) is 0 Å². The predicted octanol–water partition coefficient (Wildman–Crippen LogP) is 3.45. The Morgan fingerprint density at radius 2 is 1.84 bits per heavy atom. The van der Waals surface area contributed by atoms with Gasteiger partial charge in [-0.05, 0) is 30.3 Å². The smallest absolute Gasteiger partial charge is 0.260 e. The summed E-state index contributed by atoms with van der Waals surface area (Å²) in [6.45, 7) is 0. The molecule has 0 fully saturated rings. The van der Waals surface area contributed by atoms with E-state index in [9.17, 15) is 13.6 Å². The summed E-state index contributed by atoms with van der Waals surface area (Å²) in [6, 6.07) is 8.92. The highest BCUT2D eigenvalue weighted by atomic mass is 19.2. The molecule has 0 aliphatic rings. The molecular formula is C18H14F2N4O. The molecule has 5 nitrogen and oxygen atoms in total. The number of benzene rings is 1. The minimum absolute atomic E-state index is 0.0915. The van der Waals surface area contributed by atoms with Gasteiger partial charge in [0.15, 0.2) is 11.6 Å². The van der Waals surface area contributed by atoms with Crippen molar-refractivity contribution in [3.8, 4) is 0 Å². The fourth-order valence-corrected chi connectivity index (χ4v) is 2.96. The molecule has 0 bridgehead atoms. The van der Waals surface area contributed by atoms with E-state index in [1.807, 2.05) is 17.7 Å². The Kier molecular flexibility index (Phi) is 3.31. The molecule has 0 aliphatic carbocycles. The molecule has 126 valence electrons. The van der Waals surface area contributed by atoms with Gasteiger partial charge in [-0.15, -0.1) is 0 Å². The molecular weight excluding hydrogens is 326 g/mol. The predicted molar refractivity (Wildman–Crippen MR) is 93.1 cm³/mol. The summed E-state index contributed by atoms with van der Waals surface area (Å²) in [5.41, 5.74) is 1.72. The van der Waals surface area contributed by atoms with E-state index in [2.05, 4.69) is 10.3 Å². The lowest BCUT2D eigenvalue weighted by Crippen LogP contribution is -2.15. The Morgan fingerprint density at radius 3 is 2.60 bits per heavy atom. The van der Waals surface area contributed by atoms with Crippen molar-refractivity contribution in [1.82, 2.24) is 14.1 Å². The number of hydrogen-bond donors (Lipinski definition) is 1. The minimum Gasteiger partial charge on any atom is -0.340 e. The lowest BCUT2D eigenvalue weighted by molar-refractivity contribution is 0.509. The van der Waals surface area contributed by atoms with Crippen molar-refractivity contribution < 1.29 is 8.78 Å². The van der Waals surface area contributed by atoms with Crippen LogP contribution in [0.5, 0.6) is 0 Å². The van der Waals surface area contributed by atoms with Gasteiger partial charge in [-0.1, -0.05) is 0 Å². The van der Waals surface area contributed by atoms with E-state index in [0.29, 0.717) is 22.5 Å². The van der Waals surface area contributed by atoms with E-state index in [4.69, 9.17) is 0 Å². The van der Waals surface area contributed by atoms with Crippen molar-refractivity contribution in [2.75, 3.05) is 5.32 Å². The standard InChI is InChI=1S/C18H14F2N4O/c1-23-8-7-14-16(18(23)25)11-4-6-15(22-17(11)24(14)2)21-10-3-5-12(19)13(20)9-10/h3-9H,1-2H3,(H,21,22). The van der Waals surface area contributed by atoms with E-state index < -0.39 is 11.6 Å². The molecule has 0 saturated heterocycles. The molecule has 1 N–H and O–H groups in total. The zero-order chi connectivity index (χ0) is 17.7. The SMILES string of the molecule is Cn1ccc2c(c1=O)c1ccc(Nc3ccc(F)c(F)c3)nc1n2C. The van der Waals surface area contributed by atoms with Gasteiger partial charge in [-0.3, -0.25) is 4.79 Å². The van der Waals surface area contributed by atoms with Crippen LogP contribution in [0.2, 0.25) is 0 Å². The molecule has 1 aromatic carbocycles. The highest BCUT2D eigenvalue weighted by Crippen LogP contribution is 2.26. The van der Waals surface area contributed by atoms with Crippen LogP contribution in [-0.2, 0) is 14.1 Å². The highest BCUT2D eigenvalue weighted by molar-refractivity contribution is 6.06. The number of halogens is 2. The normalized spacial score (nSPS) is 11.4. The second kappa shape index (κ2) is 5.41. The summed E-state index contributed by atoms with van der Waals surface area (Å²) in [4.78, 5) is 16.9. The van der Waals surface area contributed by atoms with E-state index >= 15 is 0 Å². The van der Waals surface area contributed by atoms with Gasteiger partial charge in [-0.25, -0.2) is 13.8 Å². The Labute approximate surface area is 141 Å². The second-order valence-electron chi connectivity index (χ2n) is 5.87. The van der Waals surface area contributed by atoms with Gasteiger partial charge >= 0.3 is 0 Å². The number of rotatable bonds is 2. The van der Waals surface area contributed by atoms with Crippen molar-refractivity contribution in [3.63, 3.8) is 0 Å². The first kappa shape index (κ1) is 15.3. The fraction of sp³-hybridized carbons (Fsp3) is 0.111. The number of anilines is 2. The Morgan fingerprint density at radius 1 is 1.04 bits per heavy atom. The van der Waals surface area contributed by atoms with Crippen LogP contribution < -0.4 is 10.9 Å². The van der Waals surface area contributed by atoms with Crippen LogP contribution >= 0.6 is 0 Å². The maximum atomic E-state index is 13.3. The summed E-state index contributed by atoms with van der Waals surface area (Å²) in [7, 11) is 3.53. The lowest BCUT2D eigenvalue weighted by atomic mass is 10.2. The zero-order valence-corrected chi connectivity index (χ0v) is 13.5. The summed E-state index contributed by atoms with van der Waals surface area (Å²) in [5, 5.41) is 4.30. The van der Waals surface area contributed by atoms with E-state index in [0.717, 1.165) is 23.0 Å². The summed E-state index contributed by atoms with van der Waals surface area (Å²) >= 11 is 0. The first-order chi connectivity index (χ1) is 12.0. The fourth-order valence-electron chi connectivity index (χ4n) is 2.96. The first-order valence-electron chi connectivity index (χ1n) is 7.62. The molecule has 0 amide bonds. The number of nitrogens with zero attached hydrogens (tertiary/aromatic N) is 3. The number of nitrogens with one attached hydrogen (secondary N) is 1. The molecule has 0 unspecified atom stereocenters. The Bertz CT molecular complexity index is 1190. The molecule has 0 saturated carbocycles. The molecule has 4 aromatic rings. The van der Waals surface area contributed by atoms with Crippen molar-refractivity contribution in [2.24, 2.45) is 14.1 Å². The third-order valence-corrected chi connectivity index (χ3v) is 4.26. The number of hydrogen-bond acceptors (Lipinski definition) is 3. The average Bonchev–Trinajstić information content (AvgIpc) is 2.87. The zero-order valence-electron chi connectivity index (χ0n) is 13.5. The largest absolute Gasteiger partial charge is 0.340 e. The van der Waals surface area contributed by atoms with Gasteiger partial charge in [0, 0.05) is 37.4 Å². The molecule has 3 heterocycles. The van der Waals surface area contributed by atoms with Gasteiger partial charge < -0.3 is 14.5 Å². The molecule has 7 heteroatoms. The van der Waals surface area contributed by atoms with Crippen molar-refractivity contribution in [1.29, 1.82) is 0 Å². The monoisotopic (exact) mass is 340 g/mol. The minimum atomic E-state index is -0.931. The summed E-state index contributed by atoms with van der Waals surface area (Å²) in [5.74, 6) is -1.36. The third kappa shape index (κ3) is 2.36. The Balaban J connectivity index is 1.86. The number of aromatic nitrogens is 3. The summed E-state index contributed by atoms with van der Waals surface area (Å²) < 4.78 is 29.7. The van der Waals surface area contributed by atoms with Gasteiger partial charge in [0.2, 0.25) is 0 Å². The van der Waals surface area contributed by atoms with Crippen LogP contribution in [0.4, 0.5) is 20.3 Å². The Hall–Kier alpha value is -3.22. The summed E-state index contributed by atoms with van der Waals surface area (Å²) in [6.07, 6.45) is 1.71.